The Hall–Kier alpha value is -0.450. The number of rotatable bonds is 4. The molecule has 1 aliphatic rings. The van der Waals surface area contributed by atoms with Gasteiger partial charge in [0.2, 0.25) is 0 Å². The first kappa shape index (κ1) is 15.9. The summed E-state index contributed by atoms with van der Waals surface area (Å²) in [4.78, 5) is 8.56. The lowest BCUT2D eigenvalue weighted by molar-refractivity contribution is 0.228. The van der Waals surface area contributed by atoms with Gasteiger partial charge in [-0.25, -0.2) is 4.98 Å². The molecule has 114 valence electrons. The monoisotopic (exact) mass is 295 g/mol. The van der Waals surface area contributed by atoms with E-state index < -0.39 is 0 Å². The molecule has 0 aliphatic carbocycles. The summed E-state index contributed by atoms with van der Waals surface area (Å²) in [6.45, 7) is 13.6. The van der Waals surface area contributed by atoms with Gasteiger partial charge in [0.05, 0.1) is 10.7 Å². The second kappa shape index (κ2) is 7.01. The summed E-state index contributed by atoms with van der Waals surface area (Å²) in [5.74, 6) is 0. The van der Waals surface area contributed by atoms with Crippen molar-refractivity contribution in [2.24, 2.45) is 0 Å². The Kier molecular flexibility index (Phi) is 5.58. The molecule has 1 fully saturated rings. The predicted molar refractivity (Wildman–Crippen MR) is 87.5 cm³/mol. The Labute approximate surface area is 127 Å². The van der Waals surface area contributed by atoms with Crippen LogP contribution in [-0.4, -0.2) is 35.1 Å². The third-order valence-electron chi connectivity index (χ3n) is 4.31. The number of nitrogens with one attached hydrogen (secondary N) is 1. The van der Waals surface area contributed by atoms with Crippen LogP contribution < -0.4 is 5.32 Å². The van der Waals surface area contributed by atoms with Crippen LogP contribution in [0.3, 0.4) is 0 Å². The smallest absolute Gasteiger partial charge is 0.0900 e. The van der Waals surface area contributed by atoms with Crippen LogP contribution >= 0.6 is 11.3 Å². The van der Waals surface area contributed by atoms with Gasteiger partial charge in [-0.05, 0) is 67.0 Å². The molecule has 0 spiro atoms. The fraction of sp³-hybridized carbons (Fsp3) is 0.812. The second-order valence-electron chi connectivity index (χ2n) is 6.33. The average Bonchev–Trinajstić information content (AvgIpc) is 2.60. The van der Waals surface area contributed by atoms with Gasteiger partial charge in [-0.2, -0.15) is 0 Å². The summed E-state index contributed by atoms with van der Waals surface area (Å²) in [6, 6.07) is 1.75. The lowest BCUT2D eigenvalue weighted by Crippen LogP contribution is -2.34. The van der Waals surface area contributed by atoms with E-state index in [1.165, 1.54) is 47.9 Å². The van der Waals surface area contributed by atoms with Crippen LogP contribution in [-0.2, 0) is 0 Å². The van der Waals surface area contributed by atoms with Gasteiger partial charge in [-0.15, -0.1) is 11.3 Å². The highest BCUT2D eigenvalue weighted by Crippen LogP contribution is 2.26. The maximum Gasteiger partial charge on any atom is 0.0900 e. The van der Waals surface area contributed by atoms with E-state index in [1.54, 1.807) is 0 Å². The molecule has 1 aliphatic heterocycles. The Morgan fingerprint density at radius 1 is 1.20 bits per heavy atom. The number of hydrogen-bond donors (Lipinski definition) is 1. The van der Waals surface area contributed by atoms with Crippen LogP contribution in [0.2, 0.25) is 0 Å². The summed E-state index contributed by atoms with van der Waals surface area (Å²) in [7, 11) is 0. The van der Waals surface area contributed by atoms with Gasteiger partial charge < -0.3 is 10.2 Å². The van der Waals surface area contributed by atoms with Crippen molar-refractivity contribution in [2.45, 2.75) is 72.0 Å². The molecule has 0 radical (unpaired) electrons. The second-order valence-corrected chi connectivity index (χ2v) is 7.56. The average molecular weight is 295 g/mol. The van der Waals surface area contributed by atoms with Gasteiger partial charge in [0.1, 0.15) is 0 Å². The Bertz CT molecular complexity index is 427. The first-order chi connectivity index (χ1) is 9.47. The highest BCUT2D eigenvalue weighted by molar-refractivity contribution is 7.11. The Morgan fingerprint density at radius 3 is 2.55 bits per heavy atom. The fourth-order valence-corrected chi connectivity index (χ4v) is 4.12. The minimum absolute atomic E-state index is 0.428. The zero-order valence-electron chi connectivity index (χ0n) is 13.6. The normalized spacial score (nSPS) is 23.0. The van der Waals surface area contributed by atoms with Crippen molar-refractivity contribution >= 4 is 11.3 Å². The molecule has 1 saturated heterocycles. The molecule has 2 rings (SSSR count). The summed E-state index contributed by atoms with van der Waals surface area (Å²) < 4.78 is 0. The molecular weight excluding hydrogens is 266 g/mol. The Balaban J connectivity index is 1.91. The molecule has 1 aromatic heterocycles. The van der Waals surface area contributed by atoms with Crippen LogP contribution in [0.5, 0.6) is 0 Å². The van der Waals surface area contributed by atoms with Crippen LogP contribution in [0.15, 0.2) is 0 Å². The summed E-state index contributed by atoms with van der Waals surface area (Å²) in [6.07, 6.45) is 3.87. The molecule has 2 unspecified atom stereocenters. The molecule has 0 saturated carbocycles. The predicted octanol–water partition coefficient (Wildman–Crippen LogP) is 3.67. The molecule has 0 amide bonds. The van der Waals surface area contributed by atoms with Gasteiger partial charge in [0.15, 0.2) is 0 Å². The molecule has 0 bridgehead atoms. The van der Waals surface area contributed by atoms with E-state index in [0.29, 0.717) is 18.1 Å². The van der Waals surface area contributed by atoms with E-state index in [0.717, 1.165) is 0 Å². The van der Waals surface area contributed by atoms with Gasteiger partial charge in [0, 0.05) is 23.0 Å². The highest BCUT2D eigenvalue weighted by atomic mass is 32.1. The number of thiazole rings is 1. The highest BCUT2D eigenvalue weighted by Gasteiger charge is 2.21. The lowest BCUT2D eigenvalue weighted by Gasteiger charge is -2.25. The first-order valence-electron chi connectivity index (χ1n) is 7.91. The topological polar surface area (TPSA) is 28.2 Å². The van der Waals surface area contributed by atoms with Gasteiger partial charge in [0.25, 0.3) is 0 Å². The summed E-state index contributed by atoms with van der Waals surface area (Å²) in [5, 5.41) is 5.01. The third kappa shape index (κ3) is 4.03. The summed E-state index contributed by atoms with van der Waals surface area (Å²) in [5.41, 5.74) is 1.20. The largest absolute Gasteiger partial charge is 0.307 e. The molecular formula is C16H29N3S. The van der Waals surface area contributed by atoms with Crippen LogP contribution in [0.4, 0.5) is 0 Å². The van der Waals surface area contributed by atoms with Crippen molar-refractivity contribution in [1.82, 2.24) is 15.2 Å². The minimum atomic E-state index is 0.428. The maximum absolute atomic E-state index is 4.55. The van der Waals surface area contributed by atoms with Gasteiger partial charge in [-0.3, -0.25) is 0 Å². The molecule has 20 heavy (non-hydrogen) atoms. The number of aromatic nitrogens is 1. The van der Waals surface area contributed by atoms with Gasteiger partial charge in [-0.1, -0.05) is 0 Å². The molecule has 2 atom stereocenters. The third-order valence-corrected chi connectivity index (χ3v) is 5.57. The van der Waals surface area contributed by atoms with Gasteiger partial charge >= 0.3 is 0 Å². The zero-order chi connectivity index (χ0) is 14.7. The van der Waals surface area contributed by atoms with E-state index in [-0.39, 0.29) is 0 Å². The SMILES string of the molecule is Cc1nc(C)c(C(C)NC2CCCN(C(C)C)CC2)s1. The number of nitrogens with zero attached hydrogens (tertiary/aromatic N) is 2. The molecule has 1 aromatic rings. The lowest BCUT2D eigenvalue weighted by atomic mass is 10.1. The standard InChI is InChI=1S/C16H29N3S/c1-11(2)19-9-6-7-15(8-10-19)18-13(4)16-12(3)17-14(5)20-16/h11,13,15,18H,6-10H2,1-5H3. The maximum atomic E-state index is 4.55. The molecule has 0 aromatic carbocycles. The minimum Gasteiger partial charge on any atom is -0.307 e. The fourth-order valence-electron chi connectivity index (χ4n) is 3.18. The van der Waals surface area contributed by atoms with E-state index in [1.807, 2.05) is 11.3 Å². The van der Waals surface area contributed by atoms with Crippen molar-refractivity contribution in [1.29, 1.82) is 0 Å². The van der Waals surface area contributed by atoms with Crippen LogP contribution in [0.25, 0.3) is 0 Å². The van der Waals surface area contributed by atoms with Crippen molar-refractivity contribution in [3.8, 4) is 0 Å². The molecule has 1 N–H and O–H groups in total. The number of likely N-dealkylation sites (tertiary alicyclic amines) is 1. The van der Waals surface area contributed by atoms with Crippen LogP contribution in [0.1, 0.15) is 61.7 Å². The van der Waals surface area contributed by atoms with E-state index >= 15 is 0 Å². The molecule has 4 heteroatoms. The van der Waals surface area contributed by atoms with Crippen molar-refractivity contribution < 1.29 is 0 Å². The first-order valence-corrected chi connectivity index (χ1v) is 8.73. The number of aryl methyl sites for hydroxylation is 2. The molecule has 2 heterocycles. The van der Waals surface area contributed by atoms with E-state index in [2.05, 4.69) is 49.8 Å². The summed E-state index contributed by atoms with van der Waals surface area (Å²) >= 11 is 1.84. The van der Waals surface area contributed by atoms with Crippen molar-refractivity contribution in [3.05, 3.63) is 15.6 Å². The van der Waals surface area contributed by atoms with Crippen molar-refractivity contribution in [2.75, 3.05) is 13.1 Å². The van der Waals surface area contributed by atoms with Crippen molar-refractivity contribution in [3.63, 3.8) is 0 Å². The zero-order valence-corrected chi connectivity index (χ0v) is 14.4. The van der Waals surface area contributed by atoms with E-state index in [9.17, 15) is 0 Å². The molecule has 3 nitrogen and oxygen atoms in total. The van der Waals surface area contributed by atoms with Crippen LogP contribution in [0, 0.1) is 13.8 Å². The number of hydrogen-bond acceptors (Lipinski definition) is 4. The quantitative estimate of drug-likeness (QED) is 0.918. The Morgan fingerprint density at radius 2 is 1.95 bits per heavy atom. The van der Waals surface area contributed by atoms with E-state index in [4.69, 9.17) is 0 Å².